The number of aromatic nitrogens is 2. The molecule has 1 N–H and O–H groups in total. The molecule has 4 nitrogen and oxygen atoms in total. The third-order valence-corrected chi connectivity index (χ3v) is 3.39. The first-order valence-corrected chi connectivity index (χ1v) is 7.11. The first kappa shape index (κ1) is 14.9. The lowest BCUT2D eigenvalue weighted by molar-refractivity contribution is 0.335. The molecule has 108 valence electrons. The standard InChI is InChI=1S/C15H20ClN3O/c1-4-20-15-7-14(16)6-5-12(15)8-17-11(2)13-9-18-19(3)10-13/h5-7,9-11,17H,4,8H2,1-3H3. The number of ether oxygens (including phenoxy) is 1. The number of aryl methyl sites for hydroxylation is 1. The summed E-state index contributed by atoms with van der Waals surface area (Å²) in [5, 5.41) is 8.35. The summed E-state index contributed by atoms with van der Waals surface area (Å²) in [6.45, 7) is 5.44. The Hall–Kier alpha value is -1.52. The molecule has 0 aliphatic carbocycles. The van der Waals surface area contributed by atoms with Crippen molar-refractivity contribution in [1.82, 2.24) is 15.1 Å². The van der Waals surface area contributed by atoms with Crippen LogP contribution in [0, 0.1) is 0 Å². The van der Waals surface area contributed by atoms with Gasteiger partial charge in [0.15, 0.2) is 0 Å². The van der Waals surface area contributed by atoms with Crippen LogP contribution in [0.1, 0.15) is 31.0 Å². The lowest BCUT2D eigenvalue weighted by Gasteiger charge is -2.15. The van der Waals surface area contributed by atoms with E-state index in [1.807, 2.05) is 44.6 Å². The van der Waals surface area contributed by atoms with E-state index in [1.54, 1.807) is 4.68 Å². The summed E-state index contributed by atoms with van der Waals surface area (Å²) >= 11 is 6.00. The molecule has 1 aromatic carbocycles. The minimum atomic E-state index is 0.230. The molecule has 0 saturated heterocycles. The Kier molecular flexibility index (Phi) is 5.04. The summed E-state index contributed by atoms with van der Waals surface area (Å²) in [6, 6.07) is 5.97. The highest BCUT2D eigenvalue weighted by molar-refractivity contribution is 6.30. The molecule has 2 rings (SSSR count). The van der Waals surface area contributed by atoms with E-state index in [1.165, 1.54) is 5.56 Å². The molecule has 0 spiro atoms. The first-order valence-electron chi connectivity index (χ1n) is 6.73. The van der Waals surface area contributed by atoms with Gasteiger partial charge in [-0.2, -0.15) is 5.10 Å². The zero-order valence-corrected chi connectivity index (χ0v) is 12.8. The maximum Gasteiger partial charge on any atom is 0.125 e. The third-order valence-electron chi connectivity index (χ3n) is 3.15. The van der Waals surface area contributed by atoms with Gasteiger partial charge in [0.05, 0.1) is 12.8 Å². The van der Waals surface area contributed by atoms with Gasteiger partial charge in [-0.15, -0.1) is 0 Å². The molecule has 0 amide bonds. The van der Waals surface area contributed by atoms with Crippen molar-refractivity contribution in [3.05, 3.63) is 46.7 Å². The number of halogens is 1. The summed E-state index contributed by atoms with van der Waals surface area (Å²) in [6.07, 6.45) is 3.89. The monoisotopic (exact) mass is 293 g/mol. The second kappa shape index (κ2) is 6.77. The molecule has 0 aliphatic heterocycles. The van der Waals surface area contributed by atoms with E-state index in [0.717, 1.165) is 17.9 Å². The van der Waals surface area contributed by atoms with Gasteiger partial charge in [0, 0.05) is 42.0 Å². The Balaban J connectivity index is 2.03. The SMILES string of the molecule is CCOc1cc(Cl)ccc1CNC(C)c1cnn(C)c1. The average Bonchev–Trinajstić information content (AvgIpc) is 2.85. The molecule has 20 heavy (non-hydrogen) atoms. The van der Waals surface area contributed by atoms with E-state index >= 15 is 0 Å². The molecule has 2 aromatic rings. The largest absolute Gasteiger partial charge is 0.493 e. The van der Waals surface area contributed by atoms with E-state index in [9.17, 15) is 0 Å². The molecule has 0 aliphatic rings. The minimum Gasteiger partial charge on any atom is -0.493 e. The number of nitrogens with one attached hydrogen (secondary N) is 1. The van der Waals surface area contributed by atoms with Crippen LogP contribution in [0.5, 0.6) is 5.75 Å². The normalized spacial score (nSPS) is 12.4. The van der Waals surface area contributed by atoms with E-state index in [-0.39, 0.29) is 6.04 Å². The van der Waals surface area contributed by atoms with Gasteiger partial charge in [-0.05, 0) is 26.0 Å². The molecular weight excluding hydrogens is 274 g/mol. The van der Waals surface area contributed by atoms with Gasteiger partial charge in [0.1, 0.15) is 5.75 Å². The first-order chi connectivity index (χ1) is 9.60. The highest BCUT2D eigenvalue weighted by atomic mass is 35.5. The van der Waals surface area contributed by atoms with Crippen molar-refractivity contribution in [2.75, 3.05) is 6.61 Å². The molecule has 1 aromatic heterocycles. The smallest absolute Gasteiger partial charge is 0.125 e. The molecule has 5 heteroatoms. The van der Waals surface area contributed by atoms with Crippen molar-refractivity contribution in [2.45, 2.75) is 26.4 Å². The number of hydrogen-bond donors (Lipinski definition) is 1. The van der Waals surface area contributed by atoms with Crippen molar-refractivity contribution >= 4 is 11.6 Å². The summed E-state index contributed by atoms with van der Waals surface area (Å²) in [5.41, 5.74) is 2.27. The zero-order valence-electron chi connectivity index (χ0n) is 12.1. The van der Waals surface area contributed by atoms with Crippen molar-refractivity contribution in [2.24, 2.45) is 7.05 Å². The topological polar surface area (TPSA) is 39.1 Å². The van der Waals surface area contributed by atoms with Crippen LogP contribution in [0.4, 0.5) is 0 Å². The van der Waals surface area contributed by atoms with Crippen molar-refractivity contribution in [3.63, 3.8) is 0 Å². The fourth-order valence-corrected chi connectivity index (χ4v) is 2.17. The number of hydrogen-bond acceptors (Lipinski definition) is 3. The van der Waals surface area contributed by atoms with Gasteiger partial charge in [-0.1, -0.05) is 17.7 Å². The van der Waals surface area contributed by atoms with Crippen molar-refractivity contribution in [1.29, 1.82) is 0 Å². The highest BCUT2D eigenvalue weighted by Gasteiger charge is 2.09. The van der Waals surface area contributed by atoms with Crippen LogP contribution in [0.15, 0.2) is 30.6 Å². The van der Waals surface area contributed by atoms with E-state index in [0.29, 0.717) is 11.6 Å². The van der Waals surface area contributed by atoms with Crippen molar-refractivity contribution < 1.29 is 4.74 Å². The molecule has 0 saturated carbocycles. The Morgan fingerprint density at radius 1 is 1.45 bits per heavy atom. The third kappa shape index (κ3) is 3.74. The molecule has 1 atom stereocenters. The maximum atomic E-state index is 6.00. The van der Waals surface area contributed by atoms with E-state index in [2.05, 4.69) is 17.3 Å². The van der Waals surface area contributed by atoms with Gasteiger partial charge in [-0.25, -0.2) is 0 Å². The lowest BCUT2D eigenvalue weighted by Crippen LogP contribution is -2.18. The molecule has 0 bridgehead atoms. The van der Waals surface area contributed by atoms with Gasteiger partial charge in [-0.3, -0.25) is 4.68 Å². The average molecular weight is 294 g/mol. The lowest BCUT2D eigenvalue weighted by atomic mass is 10.1. The van der Waals surface area contributed by atoms with Gasteiger partial charge in [0.2, 0.25) is 0 Å². The van der Waals surface area contributed by atoms with Gasteiger partial charge < -0.3 is 10.1 Å². The van der Waals surface area contributed by atoms with Crippen LogP contribution in [0.2, 0.25) is 5.02 Å². The molecule has 0 radical (unpaired) electrons. The summed E-state index contributed by atoms with van der Waals surface area (Å²) in [7, 11) is 1.92. The van der Waals surface area contributed by atoms with E-state index in [4.69, 9.17) is 16.3 Å². The number of nitrogens with zero attached hydrogens (tertiary/aromatic N) is 2. The maximum absolute atomic E-state index is 6.00. The fraction of sp³-hybridized carbons (Fsp3) is 0.400. The molecular formula is C15H20ClN3O. The van der Waals surface area contributed by atoms with Crippen LogP contribution in [-0.2, 0) is 13.6 Å². The van der Waals surface area contributed by atoms with E-state index < -0.39 is 0 Å². The van der Waals surface area contributed by atoms with Crippen LogP contribution < -0.4 is 10.1 Å². The number of rotatable bonds is 6. The highest BCUT2D eigenvalue weighted by Crippen LogP contribution is 2.24. The van der Waals surface area contributed by atoms with Gasteiger partial charge in [0.25, 0.3) is 0 Å². The van der Waals surface area contributed by atoms with Crippen LogP contribution in [0.3, 0.4) is 0 Å². The second-order valence-electron chi connectivity index (χ2n) is 4.73. The van der Waals surface area contributed by atoms with Crippen LogP contribution >= 0.6 is 11.6 Å². The van der Waals surface area contributed by atoms with Crippen LogP contribution in [-0.4, -0.2) is 16.4 Å². The minimum absolute atomic E-state index is 0.230. The van der Waals surface area contributed by atoms with Gasteiger partial charge >= 0.3 is 0 Å². The Morgan fingerprint density at radius 2 is 2.25 bits per heavy atom. The predicted molar refractivity (Wildman–Crippen MR) is 81.1 cm³/mol. The Labute approximate surface area is 124 Å². The van der Waals surface area contributed by atoms with Crippen molar-refractivity contribution in [3.8, 4) is 5.75 Å². The number of benzene rings is 1. The quantitative estimate of drug-likeness (QED) is 0.888. The summed E-state index contributed by atoms with van der Waals surface area (Å²) < 4.78 is 7.43. The summed E-state index contributed by atoms with van der Waals surface area (Å²) in [4.78, 5) is 0. The molecule has 1 unspecified atom stereocenters. The fourth-order valence-electron chi connectivity index (χ4n) is 2.01. The zero-order chi connectivity index (χ0) is 14.5. The Bertz CT molecular complexity index is 568. The second-order valence-corrected chi connectivity index (χ2v) is 5.17. The summed E-state index contributed by atoms with van der Waals surface area (Å²) in [5.74, 6) is 0.839. The molecule has 0 fully saturated rings. The predicted octanol–water partition coefficient (Wildman–Crippen LogP) is 3.32. The Morgan fingerprint density at radius 3 is 2.90 bits per heavy atom. The molecule has 1 heterocycles. The van der Waals surface area contributed by atoms with Crippen LogP contribution in [0.25, 0.3) is 0 Å².